The van der Waals surface area contributed by atoms with E-state index in [0.717, 1.165) is 25.3 Å². The quantitative estimate of drug-likeness (QED) is 0.801. The van der Waals surface area contributed by atoms with Gasteiger partial charge in [-0.3, -0.25) is 4.79 Å². The lowest BCUT2D eigenvalue weighted by Crippen LogP contribution is -2.11. The van der Waals surface area contributed by atoms with Crippen LogP contribution in [-0.2, 0) is 0 Å². The molecule has 0 unspecified atom stereocenters. The molecule has 1 amide bonds. The first-order valence-electron chi connectivity index (χ1n) is 5.19. The Balaban J connectivity index is 2.21. The maximum atomic E-state index is 12.0. The molecule has 1 aromatic heterocycles. The standard InChI is InChI=1S/C13H12INOS/c1-8-3-4-9(2)11(5-8)15-13(16)10-6-12(14)17-7-10/h3-7H,1-2H3,(H,15,16). The van der Waals surface area contributed by atoms with Crippen LogP contribution in [-0.4, -0.2) is 5.91 Å². The SMILES string of the molecule is Cc1ccc(C)c(NC(=O)c2csc(I)c2)c1. The van der Waals surface area contributed by atoms with Crippen molar-refractivity contribution < 1.29 is 4.79 Å². The van der Waals surface area contributed by atoms with Crippen LogP contribution in [0, 0.1) is 16.7 Å². The summed E-state index contributed by atoms with van der Waals surface area (Å²) in [6.07, 6.45) is 0. The summed E-state index contributed by atoms with van der Waals surface area (Å²) in [6, 6.07) is 7.94. The molecule has 0 bridgehead atoms. The third-order valence-electron chi connectivity index (χ3n) is 2.47. The number of benzene rings is 1. The molecule has 4 heteroatoms. The maximum absolute atomic E-state index is 12.0. The fourth-order valence-electron chi connectivity index (χ4n) is 1.49. The molecule has 0 aliphatic heterocycles. The number of halogens is 1. The molecule has 2 nitrogen and oxygen atoms in total. The van der Waals surface area contributed by atoms with Crippen LogP contribution in [0.3, 0.4) is 0 Å². The van der Waals surface area contributed by atoms with Gasteiger partial charge in [0.25, 0.3) is 5.91 Å². The molecular weight excluding hydrogens is 345 g/mol. The molecule has 0 saturated heterocycles. The second-order valence-electron chi connectivity index (χ2n) is 3.91. The molecule has 1 heterocycles. The predicted octanol–water partition coefficient (Wildman–Crippen LogP) is 4.22. The highest BCUT2D eigenvalue weighted by Gasteiger charge is 2.09. The Hall–Kier alpha value is -0.880. The molecule has 1 N–H and O–H groups in total. The number of amides is 1. The van der Waals surface area contributed by atoms with Gasteiger partial charge in [-0.15, -0.1) is 11.3 Å². The van der Waals surface area contributed by atoms with E-state index >= 15 is 0 Å². The summed E-state index contributed by atoms with van der Waals surface area (Å²) < 4.78 is 1.12. The summed E-state index contributed by atoms with van der Waals surface area (Å²) in [5.41, 5.74) is 3.83. The minimum Gasteiger partial charge on any atom is -0.322 e. The molecule has 0 radical (unpaired) electrons. The van der Waals surface area contributed by atoms with Gasteiger partial charge in [0.15, 0.2) is 0 Å². The number of hydrogen-bond donors (Lipinski definition) is 1. The van der Waals surface area contributed by atoms with Gasteiger partial charge < -0.3 is 5.32 Å². The van der Waals surface area contributed by atoms with Crippen molar-refractivity contribution in [2.24, 2.45) is 0 Å². The fraction of sp³-hybridized carbons (Fsp3) is 0.154. The van der Waals surface area contributed by atoms with Crippen LogP contribution in [0.4, 0.5) is 5.69 Å². The van der Waals surface area contributed by atoms with Crippen molar-refractivity contribution in [3.8, 4) is 0 Å². The molecule has 0 saturated carbocycles. The van der Waals surface area contributed by atoms with E-state index in [1.165, 1.54) is 0 Å². The van der Waals surface area contributed by atoms with Gasteiger partial charge >= 0.3 is 0 Å². The normalized spacial score (nSPS) is 10.3. The van der Waals surface area contributed by atoms with Gasteiger partial charge in [0.1, 0.15) is 0 Å². The molecule has 2 aromatic rings. The number of aryl methyl sites for hydroxylation is 2. The highest BCUT2D eigenvalue weighted by molar-refractivity contribution is 14.1. The van der Waals surface area contributed by atoms with Crippen LogP contribution in [0.2, 0.25) is 0 Å². The van der Waals surface area contributed by atoms with Gasteiger partial charge in [-0.25, -0.2) is 0 Å². The smallest absolute Gasteiger partial charge is 0.256 e. The second kappa shape index (κ2) is 5.18. The molecule has 2 rings (SSSR count). The number of anilines is 1. The highest BCUT2D eigenvalue weighted by Crippen LogP contribution is 2.20. The molecular formula is C13H12INOS. The lowest BCUT2D eigenvalue weighted by atomic mass is 10.1. The largest absolute Gasteiger partial charge is 0.322 e. The van der Waals surface area contributed by atoms with Gasteiger partial charge in [-0.1, -0.05) is 12.1 Å². The van der Waals surface area contributed by atoms with Crippen molar-refractivity contribution in [1.82, 2.24) is 0 Å². The van der Waals surface area contributed by atoms with E-state index in [9.17, 15) is 4.79 Å². The monoisotopic (exact) mass is 357 g/mol. The number of nitrogens with one attached hydrogen (secondary N) is 1. The first-order chi connectivity index (χ1) is 8.06. The van der Waals surface area contributed by atoms with E-state index in [1.54, 1.807) is 11.3 Å². The van der Waals surface area contributed by atoms with Gasteiger partial charge in [-0.05, 0) is 59.7 Å². The van der Waals surface area contributed by atoms with Crippen molar-refractivity contribution in [2.45, 2.75) is 13.8 Å². The highest BCUT2D eigenvalue weighted by atomic mass is 127. The average molecular weight is 357 g/mol. The summed E-state index contributed by atoms with van der Waals surface area (Å²) in [7, 11) is 0. The molecule has 0 spiro atoms. The summed E-state index contributed by atoms with van der Waals surface area (Å²) in [6.45, 7) is 4.01. The molecule has 0 fully saturated rings. The van der Waals surface area contributed by atoms with Crippen molar-refractivity contribution in [3.63, 3.8) is 0 Å². The van der Waals surface area contributed by atoms with Crippen LogP contribution in [0.15, 0.2) is 29.6 Å². The maximum Gasteiger partial charge on any atom is 0.256 e. The summed E-state index contributed by atoms with van der Waals surface area (Å²) in [5, 5.41) is 4.82. The summed E-state index contributed by atoms with van der Waals surface area (Å²) in [5.74, 6) is -0.0436. The summed E-state index contributed by atoms with van der Waals surface area (Å²) >= 11 is 3.79. The Morgan fingerprint density at radius 1 is 1.29 bits per heavy atom. The number of thiophene rings is 1. The minimum atomic E-state index is -0.0436. The van der Waals surface area contributed by atoms with Crippen molar-refractivity contribution in [1.29, 1.82) is 0 Å². The average Bonchev–Trinajstić information content (AvgIpc) is 2.70. The molecule has 0 aliphatic carbocycles. The third kappa shape index (κ3) is 3.07. The Morgan fingerprint density at radius 3 is 2.71 bits per heavy atom. The number of hydrogen-bond acceptors (Lipinski definition) is 2. The van der Waals surface area contributed by atoms with Crippen LogP contribution >= 0.6 is 33.9 Å². The minimum absolute atomic E-state index is 0.0436. The van der Waals surface area contributed by atoms with Crippen molar-refractivity contribution >= 4 is 45.5 Å². The first kappa shape index (κ1) is 12.6. The predicted molar refractivity (Wildman–Crippen MR) is 80.9 cm³/mol. The van der Waals surface area contributed by atoms with Crippen molar-refractivity contribution in [3.05, 3.63) is 49.2 Å². The Bertz CT molecular complexity index is 562. The van der Waals surface area contributed by atoms with Crippen LogP contribution in [0.5, 0.6) is 0 Å². The van der Waals surface area contributed by atoms with Crippen LogP contribution < -0.4 is 5.32 Å². The van der Waals surface area contributed by atoms with Crippen LogP contribution in [0.1, 0.15) is 21.5 Å². The van der Waals surface area contributed by atoms with Crippen molar-refractivity contribution in [2.75, 3.05) is 5.32 Å². The Morgan fingerprint density at radius 2 is 2.06 bits per heavy atom. The van der Waals surface area contributed by atoms with E-state index in [2.05, 4.69) is 27.9 Å². The number of carbonyl (C=O) groups excluding carboxylic acids is 1. The Kier molecular flexibility index (Phi) is 3.83. The number of carbonyl (C=O) groups is 1. The molecule has 0 aliphatic rings. The zero-order chi connectivity index (χ0) is 12.4. The number of rotatable bonds is 2. The molecule has 0 atom stereocenters. The topological polar surface area (TPSA) is 29.1 Å². The van der Waals surface area contributed by atoms with E-state index in [0.29, 0.717) is 0 Å². The van der Waals surface area contributed by atoms with Crippen LogP contribution in [0.25, 0.3) is 0 Å². The molecule has 17 heavy (non-hydrogen) atoms. The lowest BCUT2D eigenvalue weighted by Gasteiger charge is -2.08. The molecule has 88 valence electrons. The van der Waals surface area contributed by atoms with Gasteiger partial charge in [0, 0.05) is 11.1 Å². The van der Waals surface area contributed by atoms with E-state index in [-0.39, 0.29) is 5.91 Å². The second-order valence-corrected chi connectivity index (χ2v) is 6.72. The van der Waals surface area contributed by atoms with Gasteiger partial charge in [0.2, 0.25) is 0 Å². The Labute approximate surface area is 118 Å². The fourth-order valence-corrected chi connectivity index (χ4v) is 2.82. The van der Waals surface area contributed by atoms with E-state index in [4.69, 9.17) is 0 Å². The lowest BCUT2D eigenvalue weighted by molar-refractivity contribution is 0.102. The zero-order valence-electron chi connectivity index (χ0n) is 9.58. The zero-order valence-corrected chi connectivity index (χ0v) is 12.6. The van der Waals surface area contributed by atoms with Gasteiger partial charge in [0.05, 0.1) is 8.45 Å². The summed E-state index contributed by atoms with van der Waals surface area (Å²) in [4.78, 5) is 12.0. The molecule has 1 aromatic carbocycles. The van der Waals surface area contributed by atoms with E-state index in [1.807, 2.05) is 43.5 Å². The first-order valence-corrected chi connectivity index (χ1v) is 7.15. The van der Waals surface area contributed by atoms with Gasteiger partial charge in [-0.2, -0.15) is 0 Å². The third-order valence-corrected chi connectivity index (χ3v) is 4.26. The van der Waals surface area contributed by atoms with E-state index < -0.39 is 0 Å².